The monoisotopic (exact) mass is 492 g/mol. The number of rotatable bonds is 5. The van der Waals surface area contributed by atoms with E-state index >= 15 is 0 Å². The SMILES string of the molecule is COc1ccc2ccc(=O)n(CCN3CC[C@H]4[C@H](C3)OC(=O)N4c3ccc4c(n3)NC(=O)CO4)c2n1. The molecule has 12 nitrogen and oxygen atoms in total. The van der Waals surface area contributed by atoms with Crippen molar-refractivity contribution < 1.29 is 23.8 Å². The fourth-order valence-corrected chi connectivity index (χ4v) is 4.97. The van der Waals surface area contributed by atoms with E-state index in [0.29, 0.717) is 55.0 Å². The molecule has 3 aliphatic rings. The lowest BCUT2D eigenvalue weighted by molar-refractivity contribution is -0.118. The van der Waals surface area contributed by atoms with E-state index in [9.17, 15) is 14.4 Å². The number of ether oxygens (including phenoxy) is 3. The number of likely N-dealkylation sites (tertiary alicyclic amines) is 1. The van der Waals surface area contributed by atoms with Gasteiger partial charge in [-0.3, -0.25) is 24.0 Å². The molecular weight excluding hydrogens is 468 g/mol. The van der Waals surface area contributed by atoms with Crippen molar-refractivity contribution in [2.75, 3.05) is 43.6 Å². The second-order valence-electron chi connectivity index (χ2n) is 8.89. The molecule has 0 bridgehead atoms. The highest BCUT2D eigenvalue weighted by atomic mass is 16.6. The summed E-state index contributed by atoms with van der Waals surface area (Å²) in [5.74, 6) is 1.33. The zero-order chi connectivity index (χ0) is 24.8. The summed E-state index contributed by atoms with van der Waals surface area (Å²) in [5.41, 5.74) is 0.441. The molecule has 1 N–H and O–H groups in total. The quantitative estimate of drug-likeness (QED) is 0.559. The minimum absolute atomic E-state index is 0.0607. The number of hydrogen-bond acceptors (Lipinski definition) is 9. The van der Waals surface area contributed by atoms with Crippen LogP contribution in [0.2, 0.25) is 0 Å². The number of carbonyl (C=O) groups excluding carboxylic acids is 2. The number of carbonyl (C=O) groups is 2. The van der Waals surface area contributed by atoms with Crippen LogP contribution in [0.1, 0.15) is 6.42 Å². The van der Waals surface area contributed by atoms with Crippen LogP contribution in [0.3, 0.4) is 0 Å². The highest BCUT2D eigenvalue weighted by Crippen LogP contribution is 2.34. The van der Waals surface area contributed by atoms with Crippen LogP contribution in [0.15, 0.2) is 41.2 Å². The predicted molar refractivity (Wildman–Crippen MR) is 129 cm³/mol. The molecule has 2 amide bonds. The second kappa shape index (κ2) is 8.79. The van der Waals surface area contributed by atoms with Crippen molar-refractivity contribution in [3.63, 3.8) is 0 Å². The Balaban J connectivity index is 1.16. The summed E-state index contributed by atoms with van der Waals surface area (Å²) >= 11 is 0. The summed E-state index contributed by atoms with van der Waals surface area (Å²) in [7, 11) is 1.54. The Morgan fingerprint density at radius 1 is 1.08 bits per heavy atom. The lowest BCUT2D eigenvalue weighted by atomic mass is 10.0. The number of fused-ring (bicyclic) bond motifs is 3. The molecule has 0 unspecified atom stereocenters. The first-order chi connectivity index (χ1) is 17.5. The Morgan fingerprint density at radius 3 is 2.81 bits per heavy atom. The third kappa shape index (κ3) is 3.88. The maximum Gasteiger partial charge on any atom is 0.416 e. The number of methoxy groups -OCH3 is 1. The zero-order valence-electron chi connectivity index (χ0n) is 19.5. The second-order valence-corrected chi connectivity index (χ2v) is 8.89. The number of aromatic nitrogens is 3. The van der Waals surface area contributed by atoms with Crippen LogP contribution in [-0.2, 0) is 16.1 Å². The van der Waals surface area contributed by atoms with E-state index in [0.717, 1.165) is 11.9 Å². The molecule has 2 saturated heterocycles. The summed E-state index contributed by atoms with van der Waals surface area (Å²) in [6.07, 6.45) is -0.129. The minimum Gasteiger partial charge on any atom is -0.481 e. The van der Waals surface area contributed by atoms with Crippen LogP contribution in [0.25, 0.3) is 11.0 Å². The van der Waals surface area contributed by atoms with E-state index in [4.69, 9.17) is 14.2 Å². The summed E-state index contributed by atoms with van der Waals surface area (Å²) in [4.78, 5) is 49.7. The fraction of sp³-hybridized carbons (Fsp3) is 0.375. The van der Waals surface area contributed by atoms with Gasteiger partial charge in [0.05, 0.1) is 13.2 Å². The summed E-state index contributed by atoms with van der Waals surface area (Å²) in [5, 5.41) is 3.53. The average Bonchev–Trinajstić information content (AvgIpc) is 3.22. The Bertz CT molecular complexity index is 1420. The average molecular weight is 492 g/mol. The number of amides is 2. The predicted octanol–water partition coefficient (Wildman–Crippen LogP) is 1.23. The maximum absolute atomic E-state index is 12.8. The molecule has 3 aromatic heterocycles. The molecule has 0 aromatic carbocycles. The van der Waals surface area contributed by atoms with Gasteiger partial charge in [0, 0.05) is 43.7 Å². The summed E-state index contributed by atoms with van der Waals surface area (Å²) in [6, 6.07) is 10.1. The first-order valence-corrected chi connectivity index (χ1v) is 11.7. The van der Waals surface area contributed by atoms with Crippen molar-refractivity contribution in [3.8, 4) is 11.6 Å². The molecule has 2 atom stereocenters. The normalized spacial score (nSPS) is 21.4. The van der Waals surface area contributed by atoms with Crippen LogP contribution in [0.5, 0.6) is 11.6 Å². The van der Waals surface area contributed by atoms with Gasteiger partial charge >= 0.3 is 6.09 Å². The molecule has 186 valence electrons. The Kier molecular flexibility index (Phi) is 5.44. The fourth-order valence-electron chi connectivity index (χ4n) is 4.97. The van der Waals surface area contributed by atoms with E-state index in [1.165, 1.54) is 0 Å². The molecule has 36 heavy (non-hydrogen) atoms. The van der Waals surface area contributed by atoms with Gasteiger partial charge in [0.25, 0.3) is 11.5 Å². The summed E-state index contributed by atoms with van der Waals surface area (Å²) < 4.78 is 17.9. The molecule has 0 saturated carbocycles. The molecule has 0 aliphatic carbocycles. The molecule has 12 heteroatoms. The van der Waals surface area contributed by atoms with Crippen molar-refractivity contribution in [2.45, 2.75) is 25.1 Å². The molecule has 6 rings (SSSR count). The smallest absolute Gasteiger partial charge is 0.416 e. The van der Waals surface area contributed by atoms with Gasteiger partial charge in [-0.2, -0.15) is 4.98 Å². The van der Waals surface area contributed by atoms with Crippen LogP contribution in [0, 0.1) is 0 Å². The van der Waals surface area contributed by atoms with E-state index < -0.39 is 6.09 Å². The Labute approximate surface area is 205 Å². The standard InChI is InChI=1S/C24H24N6O6/c1-34-20-6-2-14-3-7-21(32)29(23(14)27-20)11-10-28-9-8-15-17(12-28)36-24(33)30(15)18-5-4-16-22(25-18)26-19(31)13-35-16/h2-7,15,17H,8-13H2,1H3,(H,25,26,31)/t15-,17-/m0/s1. The number of hydrogen-bond donors (Lipinski definition) is 1. The van der Waals surface area contributed by atoms with Gasteiger partial charge in [-0.25, -0.2) is 9.78 Å². The molecule has 0 radical (unpaired) electrons. The van der Waals surface area contributed by atoms with Crippen molar-refractivity contribution >= 4 is 34.7 Å². The largest absolute Gasteiger partial charge is 0.481 e. The summed E-state index contributed by atoms with van der Waals surface area (Å²) in [6.45, 7) is 2.23. The molecule has 3 aromatic rings. The Hall–Kier alpha value is -4.19. The first kappa shape index (κ1) is 22.3. The third-order valence-corrected chi connectivity index (χ3v) is 6.75. The molecule has 3 aliphatic heterocycles. The van der Waals surface area contributed by atoms with Crippen molar-refractivity contribution in [2.24, 2.45) is 0 Å². The number of anilines is 2. The van der Waals surface area contributed by atoms with Gasteiger partial charge in [0.1, 0.15) is 17.6 Å². The van der Waals surface area contributed by atoms with Crippen molar-refractivity contribution in [1.82, 2.24) is 19.4 Å². The van der Waals surface area contributed by atoms with Gasteiger partial charge in [0.2, 0.25) is 5.88 Å². The van der Waals surface area contributed by atoms with E-state index in [1.54, 1.807) is 46.9 Å². The van der Waals surface area contributed by atoms with Crippen LogP contribution in [0.4, 0.5) is 16.4 Å². The maximum atomic E-state index is 12.8. The number of nitrogens with zero attached hydrogens (tertiary/aromatic N) is 5. The van der Waals surface area contributed by atoms with Crippen LogP contribution >= 0.6 is 0 Å². The lowest BCUT2D eigenvalue weighted by Crippen LogP contribution is -2.50. The minimum atomic E-state index is -0.469. The highest BCUT2D eigenvalue weighted by Gasteiger charge is 2.46. The van der Waals surface area contributed by atoms with Crippen LogP contribution < -0.4 is 25.2 Å². The molecule has 6 heterocycles. The third-order valence-electron chi connectivity index (χ3n) is 6.75. The highest BCUT2D eigenvalue weighted by molar-refractivity contribution is 5.95. The van der Waals surface area contributed by atoms with E-state index in [1.807, 2.05) is 6.07 Å². The van der Waals surface area contributed by atoms with Gasteiger partial charge in [-0.1, -0.05) is 0 Å². The number of piperidine rings is 1. The molecule has 0 spiro atoms. The van der Waals surface area contributed by atoms with Gasteiger partial charge < -0.3 is 19.5 Å². The number of pyridine rings is 3. The lowest BCUT2D eigenvalue weighted by Gasteiger charge is -2.35. The first-order valence-electron chi connectivity index (χ1n) is 11.7. The van der Waals surface area contributed by atoms with Gasteiger partial charge in [-0.15, -0.1) is 0 Å². The Morgan fingerprint density at radius 2 is 1.94 bits per heavy atom. The number of nitrogens with one attached hydrogen (secondary N) is 1. The van der Waals surface area contributed by atoms with Gasteiger partial charge in [0.15, 0.2) is 18.2 Å². The van der Waals surface area contributed by atoms with Crippen LogP contribution in [-0.4, -0.2) is 76.9 Å². The van der Waals surface area contributed by atoms with E-state index in [-0.39, 0.29) is 30.2 Å². The molecular formula is C24H24N6O6. The topological polar surface area (TPSA) is 128 Å². The van der Waals surface area contributed by atoms with Crippen molar-refractivity contribution in [1.29, 1.82) is 0 Å². The zero-order valence-corrected chi connectivity index (χ0v) is 19.5. The van der Waals surface area contributed by atoms with E-state index in [2.05, 4.69) is 20.2 Å². The van der Waals surface area contributed by atoms with Crippen molar-refractivity contribution in [3.05, 3.63) is 46.8 Å². The molecule has 2 fully saturated rings. The van der Waals surface area contributed by atoms with Gasteiger partial charge in [-0.05, 0) is 30.7 Å².